The highest BCUT2D eigenvalue weighted by atomic mass is 35.5. The van der Waals surface area contributed by atoms with Gasteiger partial charge in [0.25, 0.3) is 5.91 Å². The van der Waals surface area contributed by atoms with Crippen LogP contribution in [0.5, 0.6) is 11.8 Å². The predicted molar refractivity (Wildman–Crippen MR) is 193 cm³/mol. The Kier molecular flexibility index (Phi) is 9.12. The molecule has 2 N–H and O–H groups in total. The van der Waals surface area contributed by atoms with E-state index in [0.29, 0.717) is 46.7 Å². The summed E-state index contributed by atoms with van der Waals surface area (Å²) in [5.41, 5.74) is 6.09. The number of amides is 1. The van der Waals surface area contributed by atoms with Gasteiger partial charge in [-0.15, -0.1) is 5.10 Å². The van der Waals surface area contributed by atoms with Gasteiger partial charge in [0.2, 0.25) is 11.8 Å². The van der Waals surface area contributed by atoms with Gasteiger partial charge in [0.1, 0.15) is 18.2 Å². The van der Waals surface area contributed by atoms with Crippen molar-refractivity contribution in [3.8, 4) is 11.8 Å². The number of fused-ring (bicyclic) bond motifs is 2. The first kappa shape index (κ1) is 32.9. The maximum absolute atomic E-state index is 14.2. The van der Waals surface area contributed by atoms with Gasteiger partial charge < -0.3 is 24.1 Å². The smallest absolute Gasteiger partial charge is 0.255 e. The summed E-state index contributed by atoms with van der Waals surface area (Å²) in [7, 11) is 1.56. The summed E-state index contributed by atoms with van der Waals surface area (Å²) in [5.74, 6) is 1.19. The van der Waals surface area contributed by atoms with Crippen LogP contribution >= 0.6 is 11.6 Å². The molecule has 5 heterocycles. The second-order valence-electron chi connectivity index (χ2n) is 12.7. The summed E-state index contributed by atoms with van der Waals surface area (Å²) in [6.07, 6.45) is 4.14. The van der Waals surface area contributed by atoms with Crippen LogP contribution < -0.4 is 14.8 Å². The number of carbonyl (C=O) groups excluding carboxylic acids is 1. The highest BCUT2D eigenvalue weighted by Gasteiger charge is 2.24. The van der Waals surface area contributed by atoms with Gasteiger partial charge in [-0.3, -0.25) is 14.8 Å². The summed E-state index contributed by atoms with van der Waals surface area (Å²) in [6, 6.07) is 21.3. The molecular weight excluding hydrogens is 673 g/mol. The number of anilines is 1. The molecule has 51 heavy (non-hydrogen) atoms. The van der Waals surface area contributed by atoms with Gasteiger partial charge in [-0.1, -0.05) is 29.8 Å². The van der Waals surface area contributed by atoms with Crippen LogP contribution in [-0.4, -0.2) is 68.4 Å². The molecule has 0 radical (unpaired) electrons. The van der Waals surface area contributed by atoms with Crippen LogP contribution in [0.1, 0.15) is 40.3 Å². The van der Waals surface area contributed by atoms with Gasteiger partial charge in [0.15, 0.2) is 0 Å². The zero-order valence-electron chi connectivity index (χ0n) is 27.9. The Hall–Kier alpha value is -5.30. The van der Waals surface area contributed by atoms with Crippen LogP contribution in [0.3, 0.4) is 0 Å². The third kappa shape index (κ3) is 7.03. The summed E-state index contributed by atoms with van der Waals surface area (Å²) >= 11 is 5.88. The van der Waals surface area contributed by atoms with Crippen LogP contribution in [0.15, 0.2) is 78.9 Å². The average Bonchev–Trinajstić information content (AvgIpc) is 3.69. The van der Waals surface area contributed by atoms with Crippen LogP contribution in [-0.2, 0) is 24.4 Å². The lowest BCUT2D eigenvalue weighted by Crippen LogP contribution is -2.33. The van der Waals surface area contributed by atoms with Gasteiger partial charge in [0, 0.05) is 47.6 Å². The van der Waals surface area contributed by atoms with Crippen molar-refractivity contribution in [2.45, 2.75) is 38.6 Å². The second kappa shape index (κ2) is 14.1. The molecule has 1 atom stereocenters. The first-order valence-corrected chi connectivity index (χ1v) is 17.2. The first-order valence-electron chi connectivity index (χ1n) is 16.8. The third-order valence-electron chi connectivity index (χ3n) is 9.35. The molecule has 3 aromatic heterocycles. The van der Waals surface area contributed by atoms with E-state index in [1.807, 2.05) is 48.5 Å². The molecule has 0 saturated carbocycles. The van der Waals surface area contributed by atoms with E-state index in [4.69, 9.17) is 35.8 Å². The molecule has 8 rings (SSSR count). The molecule has 0 bridgehead atoms. The highest BCUT2D eigenvalue weighted by Crippen LogP contribution is 2.29. The standard InChI is InChI=1S/C38H35ClFN7O4/c1-49-38-29-19-27(8-9-32(29)44-45-38)41-37(48)24-6-10-34-33(17-24)42-35(47(34)20-28-13-16-50-28)21-46-14-11-23(12-15-46)31-3-2-4-36(43-31)51-22-25-5-7-26(39)18-30(25)40/h2-11,17-19,28H,12-16,20-22H2,1H3,(H,41,48)(H,44,45)/t28-/m0/s1. The lowest BCUT2D eigenvalue weighted by Gasteiger charge is -2.29. The molecule has 13 heteroatoms. The first-order chi connectivity index (χ1) is 24.9. The van der Waals surface area contributed by atoms with Gasteiger partial charge >= 0.3 is 0 Å². The van der Waals surface area contributed by atoms with Crippen LogP contribution in [0, 0.1) is 5.82 Å². The zero-order valence-corrected chi connectivity index (χ0v) is 28.6. The monoisotopic (exact) mass is 707 g/mol. The van der Waals surface area contributed by atoms with Crippen LogP contribution in [0.2, 0.25) is 5.02 Å². The maximum atomic E-state index is 14.2. The number of rotatable bonds is 11. The Bertz CT molecular complexity index is 2280. The van der Waals surface area contributed by atoms with Gasteiger partial charge in [-0.2, -0.15) is 0 Å². The molecule has 11 nitrogen and oxygen atoms in total. The zero-order chi connectivity index (χ0) is 34.9. The van der Waals surface area contributed by atoms with Gasteiger partial charge in [-0.25, -0.2) is 14.4 Å². The molecule has 6 aromatic rings. The quantitative estimate of drug-likeness (QED) is 0.148. The van der Waals surface area contributed by atoms with Gasteiger partial charge in [-0.05, 0) is 73.0 Å². The van der Waals surface area contributed by atoms with Crippen molar-refractivity contribution < 1.29 is 23.4 Å². The molecule has 1 amide bonds. The molecule has 3 aromatic carbocycles. The van der Waals surface area contributed by atoms with Crippen molar-refractivity contribution in [3.63, 3.8) is 0 Å². The van der Waals surface area contributed by atoms with Crippen molar-refractivity contribution in [3.05, 3.63) is 112 Å². The number of hydrogen-bond donors (Lipinski definition) is 2. The lowest BCUT2D eigenvalue weighted by molar-refractivity contribution is -0.0591. The number of benzene rings is 3. The molecule has 0 aliphatic carbocycles. The maximum Gasteiger partial charge on any atom is 0.255 e. The fourth-order valence-corrected chi connectivity index (χ4v) is 6.61. The van der Waals surface area contributed by atoms with Crippen molar-refractivity contribution in [2.24, 2.45) is 0 Å². The summed E-state index contributed by atoms with van der Waals surface area (Å²) in [6.45, 7) is 3.71. The Balaban J connectivity index is 0.965. The fourth-order valence-electron chi connectivity index (χ4n) is 6.46. The Labute approximate surface area is 298 Å². The molecular formula is C38H35ClFN7O4. The number of ether oxygens (including phenoxy) is 3. The van der Waals surface area contributed by atoms with E-state index in [9.17, 15) is 9.18 Å². The van der Waals surface area contributed by atoms with E-state index in [1.54, 1.807) is 25.3 Å². The van der Waals surface area contributed by atoms with Crippen LogP contribution in [0.4, 0.5) is 10.1 Å². The Morgan fingerprint density at radius 2 is 2.02 bits per heavy atom. The minimum Gasteiger partial charge on any atom is -0.480 e. The highest BCUT2D eigenvalue weighted by molar-refractivity contribution is 6.30. The van der Waals surface area contributed by atoms with E-state index in [1.165, 1.54) is 6.07 Å². The average molecular weight is 708 g/mol. The number of pyridine rings is 1. The molecule has 260 valence electrons. The molecule has 2 aliphatic heterocycles. The number of nitrogens with one attached hydrogen (secondary N) is 2. The Morgan fingerprint density at radius 3 is 2.80 bits per heavy atom. The van der Waals surface area contributed by atoms with Crippen molar-refractivity contribution in [1.29, 1.82) is 0 Å². The minimum atomic E-state index is -0.408. The number of methoxy groups -OCH3 is 1. The van der Waals surface area contributed by atoms with E-state index >= 15 is 0 Å². The minimum absolute atomic E-state index is 0.0588. The topological polar surface area (TPSA) is 119 Å². The number of H-pyrrole nitrogens is 1. The second-order valence-corrected chi connectivity index (χ2v) is 13.1. The summed E-state index contributed by atoms with van der Waals surface area (Å²) in [4.78, 5) is 25.4. The lowest BCUT2D eigenvalue weighted by atomic mass is 10.0. The summed E-state index contributed by atoms with van der Waals surface area (Å²) < 4.78 is 33.4. The number of aromatic nitrogens is 5. The number of nitrogens with zero attached hydrogens (tertiary/aromatic N) is 5. The largest absolute Gasteiger partial charge is 0.480 e. The van der Waals surface area contributed by atoms with Crippen LogP contribution in [0.25, 0.3) is 27.5 Å². The fraction of sp³-hybridized carbons (Fsp3) is 0.263. The van der Waals surface area contributed by atoms with Crippen molar-refractivity contribution in [2.75, 3.05) is 32.1 Å². The normalized spacial score (nSPS) is 16.2. The van der Waals surface area contributed by atoms with E-state index in [2.05, 4.69) is 31.1 Å². The molecule has 2 aliphatic rings. The van der Waals surface area contributed by atoms with Gasteiger partial charge in [0.05, 0.1) is 53.9 Å². The number of carbonyl (C=O) groups is 1. The van der Waals surface area contributed by atoms with Crippen molar-refractivity contribution in [1.82, 2.24) is 29.6 Å². The predicted octanol–water partition coefficient (Wildman–Crippen LogP) is 7.02. The Morgan fingerprint density at radius 1 is 1.12 bits per heavy atom. The van der Waals surface area contributed by atoms with E-state index in [-0.39, 0.29) is 18.6 Å². The van der Waals surface area contributed by atoms with E-state index < -0.39 is 5.82 Å². The molecule has 1 saturated heterocycles. The molecule has 1 fully saturated rings. The summed E-state index contributed by atoms with van der Waals surface area (Å²) in [5, 5.41) is 11.2. The number of hydrogen-bond acceptors (Lipinski definition) is 8. The number of halogens is 2. The number of aromatic amines is 1. The molecule has 0 unspecified atom stereocenters. The molecule has 0 spiro atoms. The van der Waals surface area contributed by atoms with E-state index in [0.717, 1.165) is 71.6 Å². The van der Waals surface area contributed by atoms with Crippen molar-refractivity contribution >= 4 is 50.7 Å². The third-order valence-corrected chi connectivity index (χ3v) is 9.58. The number of imidazole rings is 1. The SMILES string of the molecule is COc1n[nH]c2ccc(NC(=O)c3ccc4c(c3)nc(CN3CC=C(c5cccc(OCc6ccc(Cl)cc6F)n5)CC3)n4C[C@@H]3CCO3)cc12.